The van der Waals surface area contributed by atoms with Crippen molar-refractivity contribution in [3.05, 3.63) is 29.8 Å². The number of aryl methyl sites for hydroxylation is 1. The molecule has 0 spiro atoms. The lowest BCUT2D eigenvalue weighted by Gasteiger charge is -2.11. The van der Waals surface area contributed by atoms with Crippen LogP contribution in [0.2, 0.25) is 0 Å². The quantitative estimate of drug-likeness (QED) is 0.718. The molecule has 3 nitrogen and oxygen atoms in total. The molecule has 16 heavy (non-hydrogen) atoms. The van der Waals surface area contributed by atoms with Crippen molar-refractivity contribution in [3.63, 3.8) is 0 Å². The highest BCUT2D eigenvalue weighted by atomic mass is 16.5. The molecule has 0 aromatic heterocycles. The van der Waals surface area contributed by atoms with E-state index in [0.717, 1.165) is 12.2 Å². The van der Waals surface area contributed by atoms with Crippen LogP contribution in [0.15, 0.2) is 24.3 Å². The number of hydrogen-bond donors (Lipinski definition) is 0. The zero-order chi connectivity index (χ0) is 12.0. The molecule has 1 aromatic rings. The fourth-order valence-electron chi connectivity index (χ4n) is 1.35. The minimum atomic E-state index is -0.244. The zero-order valence-electron chi connectivity index (χ0n) is 10.0. The molecule has 88 valence electrons. The maximum absolute atomic E-state index is 11.2. The van der Waals surface area contributed by atoms with Crippen molar-refractivity contribution >= 4 is 5.97 Å². The fourth-order valence-corrected chi connectivity index (χ4v) is 1.35. The predicted molar refractivity (Wildman–Crippen MR) is 62.5 cm³/mol. The summed E-state index contributed by atoms with van der Waals surface area (Å²) in [5.74, 6) is 0.317. The summed E-state index contributed by atoms with van der Waals surface area (Å²) < 4.78 is 10.2. The van der Waals surface area contributed by atoms with Gasteiger partial charge in [0.05, 0.1) is 13.0 Å². The van der Waals surface area contributed by atoms with E-state index in [2.05, 4.69) is 17.7 Å². The largest absolute Gasteiger partial charge is 0.493 e. The third-order valence-corrected chi connectivity index (χ3v) is 2.41. The highest BCUT2D eigenvalue weighted by Crippen LogP contribution is 2.14. The van der Waals surface area contributed by atoms with Gasteiger partial charge in [0.15, 0.2) is 0 Å². The van der Waals surface area contributed by atoms with Crippen LogP contribution in [0.25, 0.3) is 0 Å². The van der Waals surface area contributed by atoms with Gasteiger partial charge in [-0.15, -0.1) is 0 Å². The molecule has 0 aliphatic heterocycles. The Morgan fingerprint density at radius 1 is 1.44 bits per heavy atom. The van der Waals surface area contributed by atoms with E-state index in [1.165, 1.54) is 12.7 Å². The van der Waals surface area contributed by atoms with E-state index < -0.39 is 0 Å². The summed E-state index contributed by atoms with van der Waals surface area (Å²) in [6, 6.07) is 7.89. The summed E-state index contributed by atoms with van der Waals surface area (Å²) >= 11 is 0. The lowest BCUT2D eigenvalue weighted by atomic mass is 10.1. The Balaban J connectivity index is 2.51. The predicted octanol–water partition coefficient (Wildman–Crippen LogP) is 2.44. The van der Waals surface area contributed by atoms with Crippen molar-refractivity contribution in [2.75, 3.05) is 13.7 Å². The monoisotopic (exact) mass is 222 g/mol. The molecule has 0 amide bonds. The van der Waals surface area contributed by atoms with Gasteiger partial charge in [-0.25, -0.2) is 0 Å². The fraction of sp³-hybridized carbons (Fsp3) is 0.462. The van der Waals surface area contributed by atoms with Gasteiger partial charge in [0.1, 0.15) is 12.4 Å². The van der Waals surface area contributed by atoms with Gasteiger partial charge in [0.25, 0.3) is 0 Å². The summed E-state index contributed by atoms with van der Waals surface area (Å²) in [7, 11) is 1.39. The molecule has 1 rings (SSSR count). The third-order valence-electron chi connectivity index (χ3n) is 2.41. The van der Waals surface area contributed by atoms with E-state index in [1.807, 2.05) is 18.2 Å². The van der Waals surface area contributed by atoms with Crippen molar-refractivity contribution in [2.45, 2.75) is 20.3 Å². The molecule has 0 heterocycles. The summed E-state index contributed by atoms with van der Waals surface area (Å²) in [6.07, 6.45) is 0.976. The second-order valence-electron chi connectivity index (χ2n) is 3.74. The molecule has 1 aromatic carbocycles. The van der Waals surface area contributed by atoms with Gasteiger partial charge < -0.3 is 9.47 Å². The zero-order valence-corrected chi connectivity index (χ0v) is 10.0. The highest BCUT2D eigenvalue weighted by Gasteiger charge is 2.13. The van der Waals surface area contributed by atoms with Crippen molar-refractivity contribution < 1.29 is 14.3 Å². The minimum absolute atomic E-state index is 0.240. The van der Waals surface area contributed by atoms with Crippen molar-refractivity contribution in [1.29, 1.82) is 0 Å². The number of carbonyl (C=O) groups is 1. The maximum atomic E-state index is 11.2. The van der Waals surface area contributed by atoms with Crippen LogP contribution < -0.4 is 4.74 Å². The standard InChI is InChI=1S/C13H18O3/c1-4-11-6-5-7-12(8-11)16-9-10(2)13(14)15-3/h5-8,10H,4,9H2,1-3H3. The van der Waals surface area contributed by atoms with Gasteiger partial charge >= 0.3 is 5.97 Å². The van der Waals surface area contributed by atoms with E-state index in [4.69, 9.17) is 4.74 Å². The number of methoxy groups -OCH3 is 1. The SMILES string of the molecule is CCc1cccc(OCC(C)C(=O)OC)c1. The molecule has 0 saturated heterocycles. The van der Waals surface area contributed by atoms with E-state index in [1.54, 1.807) is 6.92 Å². The van der Waals surface area contributed by atoms with Gasteiger partial charge in [-0.2, -0.15) is 0 Å². The van der Waals surface area contributed by atoms with E-state index in [0.29, 0.717) is 6.61 Å². The molecule has 0 fully saturated rings. The Morgan fingerprint density at radius 2 is 2.19 bits per heavy atom. The second-order valence-corrected chi connectivity index (χ2v) is 3.74. The molecule has 3 heteroatoms. The second kappa shape index (κ2) is 6.16. The van der Waals surface area contributed by atoms with Crippen molar-refractivity contribution in [3.8, 4) is 5.75 Å². The molecule has 0 bridgehead atoms. The van der Waals surface area contributed by atoms with Crippen LogP contribution in [0.3, 0.4) is 0 Å². The van der Waals surface area contributed by atoms with Crippen molar-refractivity contribution in [2.24, 2.45) is 5.92 Å². The number of carbonyl (C=O) groups excluding carboxylic acids is 1. The lowest BCUT2D eigenvalue weighted by Crippen LogP contribution is -2.19. The number of esters is 1. The minimum Gasteiger partial charge on any atom is -0.493 e. The summed E-state index contributed by atoms with van der Waals surface area (Å²) in [6.45, 7) is 4.23. The number of ether oxygens (including phenoxy) is 2. The Labute approximate surface area is 96.4 Å². The molecule has 0 aliphatic carbocycles. The summed E-state index contributed by atoms with van der Waals surface area (Å²) in [5, 5.41) is 0. The van der Waals surface area contributed by atoms with Crippen LogP contribution in [-0.4, -0.2) is 19.7 Å². The first-order chi connectivity index (χ1) is 7.67. The normalized spacial score (nSPS) is 11.9. The molecular formula is C13H18O3. The Bertz CT molecular complexity index is 347. The van der Waals surface area contributed by atoms with Crippen LogP contribution in [0, 0.1) is 5.92 Å². The molecule has 1 unspecified atom stereocenters. The van der Waals surface area contributed by atoms with Crippen LogP contribution in [0.5, 0.6) is 5.75 Å². The van der Waals surface area contributed by atoms with Crippen LogP contribution in [-0.2, 0) is 16.0 Å². The van der Waals surface area contributed by atoms with Gasteiger partial charge in [-0.3, -0.25) is 4.79 Å². The average Bonchev–Trinajstić information content (AvgIpc) is 2.35. The van der Waals surface area contributed by atoms with Gasteiger partial charge in [-0.1, -0.05) is 19.1 Å². The first-order valence-corrected chi connectivity index (χ1v) is 5.47. The highest BCUT2D eigenvalue weighted by molar-refractivity contribution is 5.71. The van der Waals surface area contributed by atoms with Gasteiger partial charge in [0.2, 0.25) is 0 Å². The summed E-state index contributed by atoms with van der Waals surface area (Å²) in [4.78, 5) is 11.2. The Morgan fingerprint density at radius 3 is 2.81 bits per heavy atom. The molecule has 0 aliphatic rings. The Hall–Kier alpha value is -1.51. The molecule has 0 radical (unpaired) electrons. The van der Waals surface area contributed by atoms with E-state index in [9.17, 15) is 4.79 Å². The lowest BCUT2D eigenvalue weighted by molar-refractivity contribution is -0.145. The molecule has 1 atom stereocenters. The molecule has 0 N–H and O–H groups in total. The average molecular weight is 222 g/mol. The smallest absolute Gasteiger partial charge is 0.311 e. The van der Waals surface area contributed by atoms with Crippen molar-refractivity contribution in [1.82, 2.24) is 0 Å². The molecular weight excluding hydrogens is 204 g/mol. The van der Waals surface area contributed by atoms with Crippen LogP contribution >= 0.6 is 0 Å². The van der Waals surface area contributed by atoms with Gasteiger partial charge in [0, 0.05) is 0 Å². The first kappa shape index (κ1) is 12.6. The molecule has 0 saturated carbocycles. The van der Waals surface area contributed by atoms with Crippen LogP contribution in [0.1, 0.15) is 19.4 Å². The van der Waals surface area contributed by atoms with E-state index in [-0.39, 0.29) is 11.9 Å². The van der Waals surface area contributed by atoms with Crippen LogP contribution in [0.4, 0.5) is 0 Å². The number of benzene rings is 1. The third kappa shape index (κ3) is 3.57. The number of rotatable bonds is 5. The van der Waals surface area contributed by atoms with Gasteiger partial charge in [-0.05, 0) is 31.0 Å². The summed E-state index contributed by atoms with van der Waals surface area (Å²) in [5.41, 5.74) is 1.23. The topological polar surface area (TPSA) is 35.5 Å². The number of hydrogen-bond acceptors (Lipinski definition) is 3. The first-order valence-electron chi connectivity index (χ1n) is 5.47. The maximum Gasteiger partial charge on any atom is 0.311 e. The van der Waals surface area contributed by atoms with E-state index >= 15 is 0 Å². The Kier molecular flexibility index (Phi) is 4.83.